The summed E-state index contributed by atoms with van der Waals surface area (Å²) in [5.41, 5.74) is 7.96. The fourth-order valence-corrected chi connectivity index (χ4v) is 1.69. The molecule has 1 heterocycles. The number of amides is 1. The van der Waals surface area contributed by atoms with Crippen LogP contribution in [0.4, 0.5) is 11.5 Å². The molecule has 4 heteroatoms. The Kier molecular flexibility index (Phi) is 3.57. The van der Waals surface area contributed by atoms with Crippen molar-refractivity contribution in [2.75, 3.05) is 11.1 Å². The highest BCUT2D eigenvalue weighted by atomic mass is 16.1. The van der Waals surface area contributed by atoms with Gasteiger partial charge >= 0.3 is 0 Å². The molecule has 2 rings (SSSR count). The van der Waals surface area contributed by atoms with E-state index < -0.39 is 0 Å². The number of benzene rings is 1. The van der Waals surface area contributed by atoms with Crippen LogP contribution in [0, 0.1) is 6.92 Å². The van der Waals surface area contributed by atoms with Crippen LogP contribution in [0.25, 0.3) is 0 Å². The highest BCUT2D eigenvalue weighted by Gasteiger charge is 2.06. The van der Waals surface area contributed by atoms with E-state index in [2.05, 4.69) is 10.3 Å². The second-order valence-corrected chi connectivity index (χ2v) is 4.08. The predicted octanol–water partition coefficient (Wildman–Crippen LogP) is 2.15. The van der Waals surface area contributed by atoms with Gasteiger partial charge in [0.1, 0.15) is 5.82 Å². The molecule has 1 amide bonds. The van der Waals surface area contributed by atoms with Crippen LogP contribution in [-0.4, -0.2) is 10.9 Å². The average molecular weight is 241 g/mol. The number of aryl methyl sites for hydroxylation is 1. The third-order valence-corrected chi connectivity index (χ3v) is 2.59. The molecule has 2 aromatic rings. The van der Waals surface area contributed by atoms with Gasteiger partial charge in [0.25, 0.3) is 0 Å². The lowest BCUT2D eigenvalue weighted by atomic mass is 10.1. The van der Waals surface area contributed by atoms with Crippen molar-refractivity contribution in [2.24, 2.45) is 0 Å². The molecule has 0 spiro atoms. The zero-order valence-corrected chi connectivity index (χ0v) is 10.2. The summed E-state index contributed by atoms with van der Waals surface area (Å²) >= 11 is 0. The first kappa shape index (κ1) is 12.1. The molecule has 0 aliphatic heterocycles. The van der Waals surface area contributed by atoms with Crippen LogP contribution in [0.3, 0.4) is 0 Å². The van der Waals surface area contributed by atoms with Gasteiger partial charge in [-0.05, 0) is 24.6 Å². The van der Waals surface area contributed by atoms with Gasteiger partial charge < -0.3 is 11.1 Å². The van der Waals surface area contributed by atoms with Crippen LogP contribution < -0.4 is 11.1 Å². The van der Waals surface area contributed by atoms with E-state index in [0.29, 0.717) is 17.9 Å². The first-order valence-electron chi connectivity index (χ1n) is 5.72. The van der Waals surface area contributed by atoms with Crippen LogP contribution in [0.5, 0.6) is 0 Å². The Hall–Kier alpha value is -2.36. The molecule has 1 aromatic carbocycles. The Bertz CT molecular complexity index is 552. The number of pyridine rings is 1. The lowest BCUT2D eigenvalue weighted by Crippen LogP contribution is -2.15. The molecule has 0 atom stereocenters. The van der Waals surface area contributed by atoms with Gasteiger partial charge in [0.05, 0.1) is 17.8 Å². The minimum Gasteiger partial charge on any atom is -0.384 e. The summed E-state index contributed by atoms with van der Waals surface area (Å²) in [7, 11) is 0. The first-order valence-corrected chi connectivity index (χ1v) is 5.72. The summed E-state index contributed by atoms with van der Waals surface area (Å²) in [5, 5.41) is 2.83. The fourth-order valence-electron chi connectivity index (χ4n) is 1.69. The highest BCUT2D eigenvalue weighted by molar-refractivity contribution is 5.92. The van der Waals surface area contributed by atoms with Crippen LogP contribution >= 0.6 is 0 Å². The topological polar surface area (TPSA) is 68.0 Å². The molecular weight excluding hydrogens is 226 g/mol. The molecule has 0 saturated heterocycles. The van der Waals surface area contributed by atoms with Crippen molar-refractivity contribution < 1.29 is 4.79 Å². The molecule has 0 aliphatic carbocycles. The second kappa shape index (κ2) is 5.31. The van der Waals surface area contributed by atoms with Gasteiger partial charge in [0.2, 0.25) is 5.91 Å². The molecule has 92 valence electrons. The molecule has 3 N–H and O–H groups in total. The lowest BCUT2D eigenvalue weighted by Gasteiger charge is -2.08. The van der Waals surface area contributed by atoms with E-state index in [-0.39, 0.29) is 5.91 Å². The van der Waals surface area contributed by atoms with Crippen molar-refractivity contribution in [3.63, 3.8) is 0 Å². The van der Waals surface area contributed by atoms with Gasteiger partial charge in [-0.3, -0.25) is 4.79 Å². The largest absolute Gasteiger partial charge is 0.384 e. The quantitative estimate of drug-likeness (QED) is 0.865. The van der Waals surface area contributed by atoms with Crippen LogP contribution in [-0.2, 0) is 11.2 Å². The number of nitrogen functional groups attached to an aromatic ring is 1. The molecule has 1 aromatic heterocycles. The number of hydrogen-bond acceptors (Lipinski definition) is 3. The number of rotatable bonds is 3. The van der Waals surface area contributed by atoms with Crippen molar-refractivity contribution in [3.05, 3.63) is 53.7 Å². The molecule has 0 radical (unpaired) electrons. The van der Waals surface area contributed by atoms with Crippen LogP contribution in [0.2, 0.25) is 0 Å². The molecule has 0 saturated carbocycles. The number of hydrogen-bond donors (Lipinski definition) is 2. The monoisotopic (exact) mass is 241 g/mol. The Labute approximate surface area is 106 Å². The van der Waals surface area contributed by atoms with E-state index in [4.69, 9.17) is 5.73 Å². The van der Waals surface area contributed by atoms with E-state index in [1.807, 2.05) is 37.3 Å². The lowest BCUT2D eigenvalue weighted by molar-refractivity contribution is -0.115. The van der Waals surface area contributed by atoms with E-state index in [9.17, 15) is 4.79 Å². The maximum atomic E-state index is 11.8. The van der Waals surface area contributed by atoms with Crippen molar-refractivity contribution in [2.45, 2.75) is 13.3 Å². The van der Waals surface area contributed by atoms with Crippen LogP contribution in [0.1, 0.15) is 11.3 Å². The standard InChI is InChI=1S/C14H15N3O/c1-10-12(7-8-13(15)16-10)17-14(18)9-11-5-3-2-4-6-11/h2-8H,9H2,1H3,(H2,15,16)(H,17,18). The summed E-state index contributed by atoms with van der Waals surface area (Å²) in [6.45, 7) is 1.81. The number of aromatic nitrogens is 1. The minimum absolute atomic E-state index is 0.0594. The maximum Gasteiger partial charge on any atom is 0.228 e. The maximum absolute atomic E-state index is 11.8. The van der Waals surface area contributed by atoms with E-state index in [0.717, 1.165) is 11.3 Å². The van der Waals surface area contributed by atoms with Gasteiger partial charge in [0.15, 0.2) is 0 Å². The molecule has 0 bridgehead atoms. The van der Waals surface area contributed by atoms with Crippen LogP contribution in [0.15, 0.2) is 42.5 Å². The number of nitrogens with one attached hydrogen (secondary N) is 1. The van der Waals surface area contributed by atoms with Gasteiger partial charge in [-0.15, -0.1) is 0 Å². The normalized spacial score (nSPS) is 10.1. The molecular formula is C14H15N3O. The minimum atomic E-state index is -0.0594. The van der Waals surface area contributed by atoms with E-state index >= 15 is 0 Å². The van der Waals surface area contributed by atoms with Crippen molar-refractivity contribution in [1.29, 1.82) is 0 Å². The number of carbonyl (C=O) groups is 1. The molecule has 18 heavy (non-hydrogen) atoms. The van der Waals surface area contributed by atoms with E-state index in [1.54, 1.807) is 12.1 Å². The second-order valence-electron chi connectivity index (χ2n) is 4.08. The first-order chi connectivity index (χ1) is 8.65. The Morgan fingerprint density at radius 2 is 1.94 bits per heavy atom. The summed E-state index contributed by atoms with van der Waals surface area (Å²) in [5.74, 6) is 0.393. The predicted molar refractivity (Wildman–Crippen MR) is 72.2 cm³/mol. The molecule has 0 fully saturated rings. The molecule has 4 nitrogen and oxygen atoms in total. The van der Waals surface area contributed by atoms with Gasteiger partial charge in [-0.1, -0.05) is 30.3 Å². The van der Waals surface area contributed by atoms with E-state index in [1.165, 1.54) is 0 Å². The van der Waals surface area contributed by atoms with Gasteiger partial charge in [-0.25, -0.2) is 4.98 Å². The third kappa shape index (κ3) is 3.07. The number of nitrogens with two attached hydrogens (primary N) is 1. The van der Waals surface area contributed by atoms with Gasteiger partial charge in [-0.2, -0.15) is 0 Å². The van der Waals surface area contributed by atoms with Crippen molar-refractivity contribution in [1.82, 2.24) is 4.98 Å². The Balaban J connectivity index is 2.03. The number of nitrogens with zero attached hydrogens (tertiary/aromatic N) is 1. The number of carbonyl (C=O) groups excluding carboxylic acids is 1. The van der Waals surface area contributed by atoms with Crippen molar-refractivity contribution in [3.8, 4) is 0 Å². The molecule has 0 aliphatic rings. The summed E-state index contributed by atoms with van der Waals surface area (Å²) in [6.07, 6.45) is 0.352. The fraction of sp³-hybridized carbons (Fsp3) is 0.143. The summed E-state index contributed by atoms with van der Waals surface area (Å²) in [4.78, 5) is 15.9. The highest BCUT2D eigenvalue weighted by Crippen LogP contribution is 2.14. The third-order valence-electron chi connectivity index (χ3n) is 2.59. The Morgan fingerprint density at radius 3 is 2.61 bits per heavy atom. The zero-order chi connectivity index (χ0) is 13.0. The average Bonchev–Trinajstić information content (AvgIpc) is 2.34. The summed E-state index contributed by atoms with van der Waals surface area (Å²) < 4.78 is 0. The van der Waals surface area contributed by atoms with Gasteiger partial charge in [0, 0.05) is 0 Å². The summed E-state index contributed by atoms with van der Waals surface area (Å²) in [6, 6.07) is 13.0. The van der Waals surface area contributed by atoms with Crippen molar-refractivity contribution >= 4 is 17.4 Å². The SMILES string of the molecule is Cc1nc(N)ccc1NC(=O)Cc1ccccc1. The molecule has 0 unspecified atom stereocenters. The number of anilines is 2. The zero-order valence-electron chi connectivity index (χ0n) is 10.2. The Morgan fingerprint density at radius 1 is 1.22 bits per heavy atom. The smallest absolute Gasteiger partial charge is 0.228 e.